The third-order valence-corrected chi connectivity index (χ3v) is 5.43. The van der Waals surface area contributed by atoms with Gasteiger partial charge in [0.1, 0.15) is 5.75 Å². The molecule has 3 rings (SSSR count). The number of fused-ring (bicyclic) bond motifs is 3. The first kappa shape index (κ1) is 23.0. The molecule has 0 spiro atoms. The van der Waals surface area contributed by atoms with Crippen molar-refractivity contribution in [3.63, 3.8) is 0 Å². The number of benzene rings is 1. The van der Waals surface area contributed by atoms with E-state index in [1.807, 2.05) is 0 Å². The molecule has 0 unspecified atom stereocenters. The third-order valence-electron chi connectivity index (χ3n) is 4.43. The highest BCUT2D eigenvalue weighted by molar-refractivity contribution is 8.15. The molecule has 31 heavy (non-hydrogen) atoms. The van der Waals surface area contributed by atoms with E-state index in [0.29, 0.717) is 11.8 Å². The summed E-state index contributed by atoms with van der Waals surface area (Å²) < 4.78 is 87.9. The Bertz CT molecular complexity index is 945. The molecule has 0 aromatic heterocycles. The molecular weight excluding hydrogens is 454 g/mol. The van der Waals surface area contributed by atoms with Crippen molar-refractivity contribution >= 4 is 34.5 Å². The number of rotatable bonds is 4. The second kappa shape index (κ2) is 7.80. The van der Waals surface area contributed by atoms with Gasteiger partial charge in [0.15, 0.2) is 5.17 Å². The molecular formula is C17H16F6N4O3S. The standard InChI is InChI=1S/C17H16F6N4O3S/c1-4-26(5-2)13-24-15(12(28)29-3,16(18,19)20)25-14-27(13)10-7-6-9(8-11(10)31-14)30-17(21,22)23/h6-8H,4-5H2,1-3H3/t15-/m1/s1. The van der Waals surface area contributed by atoms with Crippen LogP contribution in [0.5, 0.6) is 5.75 Å². The smallest absolute Gasteiger partial charge is 0.465 e. The third kappa shape index (κ3) is 4.00. The highest BCUT2D eigenvalue weighted by atomic mass is 32.2. The summed E-state index contributed by atoms with van der Waals surface area (Å²) in [6, 6.07) is 3.31. The van der Waals surface area contributed by atoms with Gasteiger partial charge in [0.2, 0.25) is 5.96 Å². The van der Waals surface area contributed by atoms with E-state index in [1.54, 1.807) is 13.8 Å². The summed E-state index contributed by atoms with van der Waals surface area (Å²) in [6.07, 6.45) is -10.2. The van der Waals surface area contributed by atoms with E-state index in [9.17, 15) is 31.1 Å². The van der Waals surface area contributed by atoms with Gasteiger partial charge in [-0.3, -0.25) is 4.90 Å². The number of carbonyl (C=O) groups excluding carboxylic acids is 1. The monoisotopic (exact) mass is 470 g/mol. The van der Waals surface area contributed by atoms with Crippen LogP contribution >= 0.6 is 11.8 Å². The van der Waals surface area contributed by atoms with Crippen molar-refractivity contribution in [2.75, 3.05) is 25.1 Å². The molecule has 2 aliphatic heterocycles. The number of aliphatic imine (C=N–C) groups is 2. The number of halogens is 6. The topological polar surface area (TPSA) is 66.7 Å². The summed E-state index contributed by atoms with van der Waals surface area (Å²) in [7, 11) is 0.784. The maximum Gasteiger partial charge on any atom is 0.573 e. The van der Waals surface area contributed by atoms with Crippen LogP contribution in [-0.4, -0.2) is 60.4 Å². The fourth-order valence-electron chi connectivity index (χ4n) is 3.02. The largest absolute Gasteiger partial charge is 0.573 e. The summed E-state index contributed by atoms with van der Waals surface area (Å²) in [6.45, 7) is 3.83. The van der Waals surface area contributed by atoms with Gasteiger partial charge in [0, 0.05) is 18.0 Å². The zero-order valence-electron chi connectivity index (χ0n) is 16.3. The van der Waals surface area contributed by atoms with Crippen LogP contribution in [0.3, 0.4) is 0 Å². The molecule has 0 saturated heterocycles. The number of hydrogen-bond donors (Lipinski definition) is 0. The minimum absolute atomic E-state index is 0.156. The van der Waals surface area contributed by atoms with Crippen LogP contribution in [0.2, 0.25) is 0 Å². The Morgan fingerprint density at radius 1 is 1.16 bits per heavy atom. The van der Waals surface area contributed by atoms with Gasteiger partial charge in [0.25, 0.3) is 0 Å². The highest BCUT2D eigenvalue weighted by Gasteiger charge is 2.66. The Kier molecular flexibility index (Phi) is 5.80. The van der Waals surface area contributed by atoms with Crippen molar-refractivity contribution < 1.29 is 40.6 Å². The molecule has 0 amide bonds. The van der Waals surface area contributed by atoms with E-state index in [0.717, 1.165) is 19.2 Å². The second-order valence-corrected chi connectivity index (χ2v) is 7.26. The summed E-state index contributed by atoms with van der Waals surface area (Å²) in [4.78, 5) is 22.3. The van der Waals surface area contributed by atoms with Crippen molar-refractivity contribution in [3.05, 3.63) is 18.2 Å². The summed E-state index contributed by atoms with van der Waals surface area (Å²) in [5, 5.41) is -0.279. The minimum Gasteiger partial charge on any atom is -0.465 e. The highest BCUT2D eigenvalue weighted by Crippen LogP contribution is 2.48. The van der Waals surface area contributed by atoms with Gasteiger partial charge >= 0.3 is 24.2 Å². The molecule has 0 saturated carbocycles. The summed E-state index contributed by atoms with van der Waals surface area (Å²) >= 11 is 0.662. The molecule has 0 fully saturated rings. The first-order valence-corrected chi connectivity index (χ1v) is 9.66. The molecule has 14 heteroatoms. The number of anilines is 1. The number of guanidine groups is 1. The number of thioether (sulfide) groups is 1. The summed E-state index contributed by atoms with van der Waals surface area (Å²) in [5.74, 6) is -2.50. The molecule has 0 radical (unpaired) electrons. The molecule has 0 aliphatic carbocycles. The number of alkyl halides is 6. The second-order valence-electron chi connectivity index (χ2n) is 6.25. The molecule has 1 aromatic carbocycles. The van der Waals surface area contributed by atoms with Crippen LogP contribution in [0.15, 0.2) is 33.1 Å². The normalized spacial score (nSPS) is 20.5. The van der Waals surface area contributed by atoms with Gasteiger partial charge < -0.3 is 14.4 Å². The van der Waals surface area contributed by atoms with Gasteiger partial charge in [-0.05, 0) is 43.8 Å². The molecule has 1 atom stereocenters. The Morgan fingerprint density at radius 3 is 2.32 bits per heavy atom. The molecule has 7 nitrogen and oxygen atoms in total. The molecule has 170 valence electrons. The number of nitrogens with zero attached hydrogens (tertiary/aromatic N) is 4. The Morgan fingerprint density at radius 2 is 1.81 bits per heavy atom. The minimum atomic E-state index is -5.22. The molecule has 1 aromatic rings. The summed E-state index contributed by atoms with van der Waals surface area (Å²) in [5.41, 5.74) is -3.28. The van der Waals surface area contributed by atoms with Gasteiger partial charge in [-0.2, -0.15) is 13.2 Å². The lowest BCUT2D eigenvalue weighted by Gasteiger charge is -2.37. The van der Waals surface area contributed by atoms with Crippen molar-refractivity contribution in [1.82, 2.24) is 4.90 Å². The average molecular weight is 470 g/mol. The Labute approximate surface area is 176 Å². The van der Waals surface area contributed by atoms with Gasteiger partial charge in [0.05, 0.1) is 12.8 Å². The van der Waals surface area contributed by atoms with Crippen LogP contribution in [-0.2, 0) is 9.53 Å². The zero-order valence-corrected chi connectivity index (χ0v) is 17.2. The van der Waals surface area contributed by atoms with E-state index in [-0.39, 0.29) is 34.8 Å². The fourth-order valence-corrected chi connectivity index (χ4v) is 4.11. The quantitative estimate of drug-likeness (QED) is 0.490. The van der Waals surface area contributed by atoms with Crippen LogP contribution < -0.4 is 9.64 Å². The first-order valence-electron chi connectivity index (χ1n) is 8.84. The lowest BCUT2D eigenvalue weighted by atomic mass is 10.1. The SMILES string of the molecule is CCN(CC)C1=N[C@@](C(=O)OC)(C(F)(F)F)N=C2Sc3cc(OC(F)(F)F)ccc3N21. The van der Waals surface area contributed by atoms with E-state index >= 15 is 0 Å². The van der Waals surface area contributed by atoms with Crippen LogP contribution in [0.1, 0.15) is 13.8 Å². The number of methoxy groups -OCH3 is 1. The lowest BCUT2D eigenvalue weighted by molar-refractivity contribution is -0.274. The molecule has 2 aliphatic rings. The van der Waals surface area contributed by atoms with Crippen molar-refractivity contribution in [3.8, 4) is 5.75 Å². The van der Waals surface area contributed by atoms with Crippen LogP contribution in [0.4, 0.5) is 32.0 Å². The van der Waals surface area contributed by atoms with Gasteiger partial charge in [-0.25, -0.2) is 14.8 Å². The Hall–Kier alpha value is -2.64. The van der Waals surface area contributed by atoms with Crippen molar-refractivity contribution in [1.29, 1.82) is 0 Å². The number of carbonyl (C=O) groups is 1. The predicted molar refractivity (Wildman–Crippen MR) is 100 cm³/mol. The van der Waals surface area contributed by atoms with E-state index < -0.39 is 29.9 Å². The Balaban J connectivity index is 2.18. The van der Waals surface area contributed by atoms with Gasteiger partial charge in [-0.15, -0.1) is 13.2 Å². The molecule has 0 N–H and O–H groups in total. The maximum atomic E-state index is 14.0. The first-order chi connectivity index (χ1) is 14.4. The lowest BCUT2D eigenvalue weighted by Crippen LogP contribution is -2.58. The van der Waals surface area contributed by atoms with Crippen LogP contribution in [0.25, 0.3) is 0 Å². The van der Waals surface area contributed by atoms with E-state index in [2.05, 4.69) is 19.5 Å². The average Bonchev–Trinajstić information content (AvgIpc) is 3.03. The van der Waals surface area contributed by atoms with Crippen molar-refractivity contribution in [2.24, 2.45) is 9.98 Å². The molecule has 0 bridgehead atoms. The fraction of sp³-hybridized carbons (Fsp3) is 0.471. The number of amidine groups is 1. The molecule has 2 heterocycles. The van der Waals surface area contributed by atoms with Crippen LogP contribution in [0, 0.1) is 0 Å². The van der Waals surface area contributed by atoms with E-state index in [1.165, 1.54) is 15.9 Å². The maximum absolute atomic E-state index is 14.0. The van der Waals surface area contributed by atoms with Crippen molar-refractivity contribution in [2.45, 2.75) is 36.9 Å². The number of esters is 1. The zero-order chi connectivity index (χ0) is 23.2. The van der Waals surface area contributed by atoms with Gasteiger partial charge in [-0.1, -0.05) is 0 Å². The predicted octanol–water partition coefficient (Wildman–Crippen LogP) is 4.00. The number of ether oxygens (including phenoxy) is 2. The van der Waals surface area contributed by atoms with E-state index in [4.69, 9.17) is 0 Å². The number of hydrogen-bond acceptors (Lipinski definition) is 8.